The predicted octanol–water partition coefficient (Wildman–Crippen LogP) is 4.28. The monoisotopic (exact) mass is 454 g/mol. The number of amides is 1. The Kier molecular flexibility index (Phi) is 6.94. The van der Waals surface area contributed by atoms with Gasteiger partial charge in [-0.25, -0.2) is 9.78 Å². The number of hydrogen-bond acceptors (Lipinski definition) is 6. The topological polar surface area (TPSA) is 107 Å². The number of pyridine rings is 2. The van der Waals surface area contributed by atoms with E-state index in [1.807, 2.05) is 62.4 Å². The van der Waals surface area contributed by atoms with E-state index in [0.29, 0.717) is 11.4 Å². The Hall–Kier alpha value is -4.10. The standard InChI is InChI=1S/C27H26N4O3/c1-17-5-3-4-6-22(17)27(33)34-16-19-7-9-20(10-8-19)23(13-28)26(32)31-24-12-11-21-15-29-14-18(2)25(21)30-24/h3-12,14-15,23H,13,16,28H2,1-2H3,(H,30,31,32). The van der Waals surface area contributed by atoms with Crippen molar-refractivity contribution in [1.82, 2.24) is 9.97 Å². The molecule has 2 aromatic heterocycles. The van der Waals surface area contributed by atoms with E-state index in [4.69, 9.17) is 10.5 Å². The van der Waals surface area contributed by atoms with Gasteiger partial charge in [0.15, 0.2) is 0 Å². The highest BCUT2D eigenvalue weighted by Gasteiger charge is 2.20. The molecule has 4 aromatic rings. The Labute approximate surface area is 198 Å². The van der Waals surface area contributed by atoms with Crippen molar-refractivity contribution < 1.29 is 14.3 Å². The van der Waals surface area contributed by atoms with Gasteiger partial charge in [0.1, 0.15) is 12.4 Å². The van der Waals surface area contributed by atoms with Crippen LogP contribution in [0.3, 0.4) is 0 Å². The molecule has 1 amide bonds. The first-order valence-electron chi connectivity index (χ1n) is 11.0. The molecule has 3 N–H and O–H groups in total. The number of carbonyl (C=O) groups excluding carboxylic acids is 2. The molecule has 0 aliphatic carbocycles. The molecule has 4 rings (SSSR count). The van der Waals surface area contributed by atoms with Crippen molar-refractivity contribution in [3.05, 3.63) is 101 Å². The maximum absolute atomic E-state index is 12.9. The number of rotatable bonds is 7. The van der Waals surface area contributed by atoms with Crippen molar-refractivity contribution in [2.45, 2.75) is 26.4 Å². The summed E-state index contributed by atoms with van der Waals surface area (Å²) in [5.41, 5.74) is 10.7. The molecular weight excluding hydrogens is 428 g/mol. The molecule has 172 valence electrons. The van der Waals surface area contributed by atoms with Gasteiger partial charge in [-0.15, -0.1) is 0 Å². The molecular formula is C27H26N4O3. The number of anilines is 1. The molecule has 0 spiro atoms. The Morgan fingerprint density at radius 3 is 2.47 bits per heavy atom. The highest BCUT2D eigenvalue weighted by Crippen LogP contribution is 2.21. The fraction of sp³-hybridized carbons (Fsp3) is 0.185. The summed E-state index contributed by atoms with van der Waals surface area (Å²) in [4.78, 5) is 34.0. The first-order valence-corrected chi connectivity index (χ1v) is 11.0. The molecule has 0 saturated carbocycles. The number of nitrogens with one attached hydrogen (secondary N) is 1. The number of aromatic nitrogens is 2. The zero-order chi connectivity index (χ0) is 24.1. The third kappa shape index (κ3) is 5.10. The van der Waals surface area contributed by atoms with Crippen molar-refractivity contribution in [3.63, 3.8) is 0 Å². The number of fused-ring (bicyclic) bond motifs is 1. The molecule has 7 nitrogen and oxygen atoms in total. The van der Waals surface area contributed by atoms with Crippen LogP contribution in [0.15, 0.2) is 73.1 Å². The van der Waals surface area contributed by atoms with Crippen LogP contribution in [0.1, 0.15) is 38.5 Å². The predicted molar refractivity (Wildman–Crippen MR) is 131 cm³/mol. The number of benzene rings is 2. The largest absolute Gasteiger partial charge is 0.457 e. The summed E-state index contributed by atoms with van der Waals surface area (Å²) < 4.78 is 5.44. The molecule has 1 unspecified atom stereocenters. The quantitative estimate of drug-likeness (QED) is 0.404. The number of hydrogen-bond donors (Lipinski definition) is 2. The Morgan fingerprint density at radius 2 is 1.74 bits per heavy atom. The molecule has 0 radical (unpaired) electrons. The van der Waals surface area contributed by atoms with Gasteiger partial charge in [0.25, 0.3) is 0 Å². The Balaban J connectivity index is 1.41. The van der Waals surface area contributed by atoms with Crippen molar-refractivity contribution in [3.8, 4) is 0 Å². The van der Waals surface area contributed by atoms with Gasteiger partial charge >= 0.3 is 5.97 Å². The van der Waals surface area contributed by atoms with E-state index in [-0.39, 0.29) is 25.0 Å². The molecule has 0 aliphatic rings. The van der Waals surface area contributed by atoms with Crippen LogP contribution in [0.25, 0.3) is 10.9 Å². The van der Waals surface area contributed by atoms with Crippen LogP contribution >= 0.6 is 0 Å². The summed E-state index contributed by atoms with van der Waals surface area (Å²) in [5.74, 6) is -0.681. The second-order valence-corrected chi connectivity index (χ2v) is 8.13. The minimum absolute atomic E-state index is 0.141. The van der Waals surface area contributed by atoms with Gasteiger partial charge in [-0.1, -0.05) is 42.5 Å². The highest BCUT2D eigenvalue weighted by molar-refractivity contribution is 5.96. The van der Waals surface area contributed by atoms with E-state index < -0.39 is 5.92 Å². The lowest BCUT2D eigenvalue weighted by atomic mass is 9.97. The number of nitrogens with two attached hydrogens (primary N) is 1. The average Bonchev–Trinajstić information content (AvgIpc) is 2.84. The number of nitrogens with zero attached hydrogens (tertiary/aromatic N) is 2. The lowest BCUT2D eigenvalue weighted by molar-refractivity contribution is -0.117. The summed E-state index contributed by atoms with van der Waals surface area (Å²) in [7, 11) is 0. The number of aryl methyl sites for hydroxylation is 2. The fourth-order valence-corrected chi connectivity index (χ4v) is 3.73. The summed E-state index contributed by atoms with van der Waals surface area (Å²) in [6.07, 6.45) is 3.48. The van der Waals surface area contributed by atoms with E-state index in [0.717, 1.165) is 33.2 Å². The Morgan fingerprint density at radius 1 is 0.971 bits per heavy atom. The van der Waals surface area contributed by atoms with Crippen LogP contribution in [-0.2, 0) is 16.1 Å². The lowest BCUT2D eigenvalue weighted by Gasteiger charge is -2.16. The van der Waals surface area contributed by atoms with Crippen molar-refractivity contribution in [1.29, 1.82) is 0 Å². The normalized spacial score (nSPS) is 11.7. The lowest BCUT2D eigenvalue weighted by Crippen LogP contribution is -2.27. The average molecular weight is 455 g/mol. The zero-order valence-electron chi connectivity index (χ0n) is 19.1. The minimum atomic E-state index is -0.542. The molecule has 7 heteroatoms. The van der Waals surface area contributed by atoms with E-state index in [2.05, 4.69) is 15.3 Å². The molecule has 1 atom stereocenters. The van der Waals surface area contributed by atoms with Crippen molar-refractivity contribution in [2.24, 2.45) is 5.73 Å². The van der Waals surface area contributed by atoms with Crippen LogP contribution in [0.5, 0.6) is 0 Å². The van der Waals surface area contributed by atoms with Gasteiger partial charge in [0.2, 0.25) is 5.91 Å². The number of esters is 1. The molecule has 0 aliphatic heterocycles. The van der Waals surface area contributed by atoms with Crippen LogP contribution in [0.2, 0.25) is 0 Å². The number of carbonyl (C=O) groups is 2. The molecule has 2 aromatic carbocycles. The number of ether oxygens (including phenoxy) is 1. The van der Waals surface area contributed by atoms with Crippen LogP contribution in [-0.4, -0.2) is 28.4 Å². The SMILES string of the molecule is Cc1ccccc1C(=O)OCc1ccc(C(CN)C(=O)Nc2ccc3cncc(C)c3n2)cc1. The van der Waals surface area contributed by atoms with E-state index in [9.17, 15) is 9.59 Å². The van der Waals surface area contributed by atoms with E-state index >= 15 is 0 Å². The van der Waals surface area contributed by atoms with Gasteiger partial charge in [-0.3, -0.25) is 9.78 Å². The smallest absolute Gasteiger partial charge is 0.338 e. The molecule has 0 bridgehead atoms. The zero-order valence-corrected chi connectivity index (χ0v) is 19.1. The molecule has 2 heterocycles. The third-order valence-electron chi connectivity index (χ3n) is 5.70. The maximum Gasteiger partial charge on any atom is 0.338 e. The maximum atomic E-state index is 12.9. The van der Waals surface area contributed by atoms with Gasteiger partial charge in [-0.2, -0.15) is 0 Å². The highest BCUT2D eigenvalue weighted by atomic mass is 16.5. The van der Waals surface area contributed by atoms with Crippen LogP contribution in [0.4, 0.5) is 5.82 Å². The van der Waals surface area contributed by atoms with Gasteiger partial charge in [-0.05, 0) is 54.3 Å². The van der Waals surface area contributed by atoms with Crippen molar-refractivity contribution in [2.75, 3.05) is 11.9 Å². The summed E-state index contributed by atoms with van der Waals surface area (Å²) in [6, 6.07) is 18.3. The summed E-state index contributed by atoms with van der Waals surface area (Å²) in [5, 5.41) is 3.78. The van der Waals surface area contributed by atoms with E-state index in [1.54, 1.807) is 24.5 Å². The minimum Gasteiger partial charge on any atom is -0.457 e. The third-order valence-corrected chi connectivity index (χ3v) is 5.70. The van der Waals surface area contributed by atoms with Crippen LogP contribution in [0, 0.1) is 13.8 Å². The van der Waals surface area contributed by atoms with Gasteiger partial charge in [0.05, 0.1) is 17.0 Å². The first-order chi connectivity index (χ1) is 16.5. The summed E-state index contributed by atoms with van der Waals surface area (Å²) in [6.45, 7) is 4.08. The molecule has 0 fully saturated rings. The summed E-state index contributed by atoms with van der Waals surface area (Å²) >= 11 is 0. The first kappa shape index (κ1) is 23.1. The fourth-order valence-electron chi connectivity index (χ4n) is 3.73. The van der Waals surface area contributed by atoms with Crippen molar-refractivity contribution >= 4 is 28.6 Å². The van der Waals surface area contributed by atoms with E-state index in [1.165, 1.54) is 0 Å². The second-order valence-electron chi connectivity index (χ2n) is 8.13. The van der Waals surface area contributed by atoms with Gasteiger partial charge in [0, 0.05) is 24.3 Å². The Bertz CT molecular complexity index is 1340. The van der Waals surface area contributed by atoms with Crippen LogP contribution < -0.4 is 11.1 Å². The molecule has 34 heavy (non-hydrogen) atoms. The molecule has 0 saturated heterocycles. The van der Waals surface area contributed by atoms with Gasteiger partial charge < -0.3 is 15.8 Å². The second kappa shape index (κ2) is 10.2.